The molecular formula is C13H40O3. The van der Waals surface area contributed by atoms with E-state index in [4.69, 9.17) is 14.6 Å². The fourth-order valence-electron chi connectivity index (χ4n) is 0.586. The van der Waals surface area contributed by atoms with Crippen molar-refractivity contribution in [1.29, 1.82) is 0 Å². The first kappa shape index (κ1) is 44.6. The van der Waals surface area contributed by atoms with E-state index < -0.39 is 0 Å². The molecule has 16 heavy (non-hydrogen) atoms. The molecule has 0 amide bonds. The lowest BCUT2D eigenvalue weighted by atomic mass is 10.4. The van der Waals surface area contributed by atoms with Gasteiger partial charge in [-0.2, -0.15) is 0 Å². The Morgan fingerprint density at radius 2 is 1.44 bits per heavy atom. The third kappa shape index (κ3) is 37.1. The Morgan fingerprint density at radius 3 is 1.75 bits per heavy atom. The summed E-state index contributed by atoms with van der Waals surface area (Å²) in [5.41, 5.74) is 0. The van der Waals surface area contributed by atoms with Gasteiger partial charge in [-0.25, -0.2) is 0 Å². The van der Waals surface area contributed by atoms with E-state index in [1.165, 1.54) is 0 Å². The Labute approximate surface area is 106 Å². The summed E-state index contributed by atoms with van der Waals surface area (Å²) in [6, 6.07) is 0. The van der Waals surface area contributed by atoms with E-state index in [-0.39, 0.29) is 57.3 Å². The van der Waals surface area contributed by atoms with Crippen molar-refractivity contribution < 1.29 is 14.6 Å². The Balaban J connectivity index is -0.0000000270. The van der Waals surface area contributed by atoms with E-state index in [0.29, 0.717) is 19.8 Å². The van der Waals surface area contributed by atoms with Gasteiger partial charge in [0.05, 0.1) is 25.9 Å². The maximum absolute atomic E-state index is 8.37. The standard InChI is InChI=1S/C7H16O3.6CH4/c1-3-9-6-7(2)10-5-4-8;;;;;;/h7-8H,3-6H2,1-2H3;6*1H4. The van der Waals surface area contributed by atoms with Crippen molar-refractivity contribution >= 4 is 0 Å². The zero-order chi connectivity index (χ0) is 7.82. The molecule has 0 fully saturated rings. The van der Waals surface area contributed by atoms with E-state index in [2.05, 4.69) is 0 Å². The molecular weight excluding hydrogens is 204 g/mol. The van der Waals surface area contributed by atoms with E-state index >= 15 is 0 Å². The fraction of sp³-hybridized carbons (Fsp3) is 1.00. The van der Waals surface area contributed by atoms with Crippen molar-refractivity contribution in [3.63, 3.8) is 0 Å². The van der Waals surface area contributed by atoms with Gasteiger partial charge in [0.25, 0.3) is 0 Å². The van der Waals surface area contributed by atoms with Gasteiger partial charge in [-0.05, 0) is 13.8 Å². The van der Waals surface area contributed by atoms with Crippen molar-refractivity contribution in [3.05, 3.63) is 0 Å². The number of ether oxygens (including phenoxy) is 2. The first-order valence-corrected chi connectivity index (χ1v) is 3.61. The van der Waals surface area contributed by atoms with E-state index in [1.54, 1.807) is 0 Å². The van der Waals surface area contributed by atoms with Crippen LogP contribution in [0.2, 0.25) is 0 Å². The second kappa shape index (κ2) is 36.4. The van der Waals surface area contributed by atoms with Crippen LogP contribution in [0.15, 0.2) is 0 Å². The molecule has 0 aliphatic heterocycles. The molecule has 0 aromatic rings. The molecule has 0 heterocycles. The maximum atomic E-state index is 8.37. The van der Waals surface area contributed by atoms with Gasteiger partial charge in [0.15, 0.2) is 0 Å². The summed E-state index contributed by atoms with van der Waals surface area (Å²) in [5, 5.41) is 8.37. The highest BCUT2D eigenvalue weighted by Gasteiger charge is 1.99. The van der Waals surface area contributed by atoms with Gasteiger partial charge in [-0.15, -0.1) is 0 Å². The second-order valence-electron chi connectivity index (χ2n) is 2.06. The zero-order valence-corrected chi connectivity index (χ0v) is 6.67. The van der Waals surface area contributed by atoms with Crippen LogP contribution in [0.5, 0.6) is 0 Å². The summed E-state index contributed by atoms with van der Waals surface area (Å²) >= 11 is 0. The second-order valence-corrected chi connectivity index (χ2v) is 2.06. The number of hydrogen-bond donors (Lipinski definition) is 1. The highest BCUT2D eigenvalue weighted by atomic mass is 16.5. The number of hydrogen-bond acceptors (Lipinski definition) is 3. The molecule has 0 aromatic heterocycles. The monoisotopic (exact) mass is 244 g/mol. The minimum Gasteiger partial charge on any atom is -0.394 e. The van der Waals surface area contributed by atoms with Crippen LogP contribution in [-0.2, 0) is 9.47 Å². The minimum absolute atomic E-state index is 0. The predicted octanol–water partition coefficient (Wildman–Crippen LogP) is 4.24. The quantitative estimate of drug-likeness (QED) is 0.759. The third-order valence-electron chi connectivity index (χ3n) is 1.05. The van der Waals surface area contributed by atoms with Gasteiger partial charge in [0.1, 0.15) is 0 Å². The van der Waals surface area contributed by atoms with Crippen LogP contribution >= 0.6 is 0 Å². The molecule has 0 spiro atoms. The number of rotatable bonds is 6. The highest BCUT2D eigenvalue weighted by molar-refractivity contribution is 4.45. The molecule has 110 valence electrons. The molecule has 0 saturated heterocycles. The fourth-order valence-corrected chi connectivity index (χ4v) is 0.586. The Kier molecular flexibility index (Phi) is 101. The van der Waals surface area contributed by atoms with Gasteiger partial charge in [-0.3, -0.25) is 0 Å². The van der Waals surface area contributed by atoms with Crippen LogP contribution in [-0.4, -0.2) is 37.6 Å². The summed E-state index contributed by atoms with van der Waals surface area (Å²) in [5.74, 6) is 0. The third-order valence-corrected chi connectivity index (χ3v) is 1.05. The summed E-state index contributed by atoms with van der Waals surface area (Å²) in [6.07, 6.45) is 0.0899. The van der Waals surface area contributed by atoms with Crippen molar-refractivity contribution in [3.8, 4) is 0 Å². The molecule has 1 atom stereocenters. The normalized spacial score (nSPS) is 8.44. The molecule has 0 bridgehead atoms. The van der Waals surface area contributed by atoms with Gasteiger partial charge >= 0.3 is 0 Å². The van der Waals surface area contributed by atoms with E-state index in [0.717, 1.165) is 0 Å². The topological polar surface area (TPSA) is 38.7 Å². The SMILES string of the molecule is C.C.C.C.C.C.CCOCC(C)OCCO. The molecule has 0 rings (SSSR count). The first-order valence-electron chi connectivity index (χ1n) is 3.61. The molecule has 3 heteroatoms. The van der Waals surface area contributed by atoms with E-state index in [1.807, 2.05) is 13.8 Å². The van der Waals surface area contributed by atoms with Gasteiger partial charge in [0, 0.05) is 6.61 Å². The van der Waals surface area contributed by atoms with Crippen LogP contribution in [0.25, 0.3) is 0 Å². The van der Waals surface area contributed by atoms with Crippen molar-refractivity contribution in [2.75, 3.05) is 26.4 Å². The lowest BCUT2D eigenvalue weighted by Gasteiger charge is -2.10. The molecule has 3 nitrogen and oxygen atoms in total. The molecule has 0 radical (unpaired) electrons. The molecule has 1 N–H and O–H groups in total. The lowest BCUT2D eigenvalue weighted by Crippen LogP contribution is -2.17. The van der Waals surface area contributed by atoms with Crippen LogP contribution in [0.4, 0.5) is 0 Å². The predicted molar refractivity (Wildman–Crippen MR) is 79.4 cm³/mol. The minimum atomic E-state index is 0. The smallest absolute Gasteiger partial charge is 0.0781 e. The maximum Gasteiger partial charge on any atom is 0.0781 e. The van der Waals surface area contributed by atoms with Gasteiger partial charge in [-0.1, -0.05) is 44.6 Å². The van der Waals surface area contributed by atoms with Crippen LogP contribution < -0.4 is 0 Å². The van der Waals surface area contributed by atoms with Crippen molar-refractivity contribution in [2.45, 2.75) is 64.5 Å². The van der Waals surface area contributed by atoms with Crippen molar-refractivity contribution in [1.82, 2.24) is 0 Å². The van der Waals surface area contributed by atoms with Gasteiger partial charge < -0.3 is 14.6 Å². The molecule has 0 aliphatic carbocycles. The molecule has 0 aliphatic rings. The van der Waals surface area contributed by atoms with E-state index in [9.17, 15) is 0 Å². The first-order chi connectivity index (χ1) is 4.81. The van der Waals surface area contributed by atoms with Crippen LogP contribution in [0, 0.1) is 0 Å². The largest absolute Gasteiger partial charge is 0.394 e. The molecule has 1 unspecified atom stereocenters. The lowest BCUT2D eigenvalue weighted by molar-refractivity contribution is -0.0155. The zero-order valence-electron chi connectivity index (χ0n) is 6.67. The summed E-state index contributed by atoms with van der Waals surface area (Å²) < 4.78 is 10.2. The summed E-state index contributed by atoms with van der Waals surface area (Å²) in [6.45, 7) is 5.66. The number of aliphatic hydroxyl groups excluding tert-OH is 1. The Bertz CT molecular complexity index is 60.2. The van der Waals surface area contributed by atoms with Gasteiger partial charge in [0.2, 0.25) is 0 Å². The van der Waals surface area contributed by atoms with Crippen LogP contribution in [0.3, 0.4) is 0 Å². The molecule has 0 saturated carbocycles. The average molecular weight is 244 g/mol. The summed E-state index contributed by atoms with van der Waals surface area (Å²) in [7, 11) is 0. The molecule has 0 aromatic carbocycles. The van der Waals surface area contributed by atoms with Crippen molar-refractivity contribution in [2.24, 2.45) is 0 Å². The summed E-state index contributed by atoms with van der Waals surface area (Å²) in [4.78, 5) is 0. The Morgan fingerprint density at radius 1 is 1.00 bits per heavy atom. The highest BCUT2D eigenvalue weighted by Crippen LogP contribution is 1.90. The Hall–Kier alpha value is -0.120. The van der Waals surface area contributed by atoms with Crippen LogP contribution in [0.1, 0.15) is 58.4 Å². The number of aliphatic hydroxyl groups is 1. The average Bonchev–Trinajstić information content (AvgIpc) is 1.97.